The zero-order chi connectivity index (χ0) is 12.1. The van der Waals surface area contributed by atoms with Crippen molar-refractivity contribution in [3.8, 4) is 0 Å². The summed E-state index contributed by atoms with van der Waals surface area (Å²) in [5, 5.41) is 2.24. The molecule has 0 aliphatic heterocycles. The normalized spacial score (nSPS) is 10.6. The molecule has 16 heavy (non-hydrogen) atoms. The first kappa shape index (κ1) is 12.8. The Morgan fingerprint density at radius 3 is 2.19 bits per heavy atom. The van der Waals surface area contributed by atoms with Crippen molar-refractivity contribution in [3.05, 3.63) is 29.3 Å². The Balaban J connectivity index is 2.78. The Morgan fingerprint density at radius 2 is 1.69 bits per heavy atom. The van der Waals surface area contributed by atoms with Gasteiger partial charge in [-0.05, 0) is 6.92 Å². The molecule has 0 aromatic heterocycles. The van der Waals surface area contributed by atoms with Crippen LogP contribution in [0.25, 0.3) is 0 Å². The fourth-order valence-corrected chi connectivity index (χ4v) is 1.12. The number of anilines is 1. The Labute approximate surface area is 90.2 Å². The van der Waals surface area contributed by atoms with E-state index in [4.69, 9.17) is 4.74 Å². The molecule has 90 valence electrons. The van der Waals surface area contributed by atoms with Gasteiger partial charge >= 0.3 is 0 Å². The van der Waals surface area contributed by atoms with E-state index in [1.54, 1.807) is 6.92 Å². The van der Waals surface area contributed by atoms with E-state index < -0.39 is 29.0 Å². The van der Waals surface area contributed by atoms with E-state index in [0.29, 0.717) is 6.61 Å². The van der Waals surface area contributed by atoms with Crippen LogP contribution in [-0.4, -0.2) is 19.8 Å². The maximum Gasteiger partial charge on any atom is 0.185 e. The fourth-order valence-electron chi connectivity index (χ4n) is 1.12. The molecule has 0 aliphatic carbocycles. The van der Waals surface area contributed by atoms with Gasteiger partial charge in [0, 0.05) is 19.2 Å². The topological polar surface area (TPSA) is 21.3 Å². The second kappa shape index (κ2) is 5.69. The molecule has 0 spiro atoms. The van der Waals surface area contributed by atoms with Gasteiger partial charge in [-0.15, -0.1) is 0 Å². The highest BCUT2D eigenvalue weighted by molar-refractivity contribution is 5.47. The van der Waals surface area contributed by atoms with E-state index in [9.17, 15) is 17.6 Å². The number of rotatable bonds is 5. The first-order valence-electron chi connectivity index (χ1n) is 4.72. The smallest absolute Gasteiger partial charge is 0.185 e. The highest BCUT2D eigenvalue weighted by Gasteiger charge is 2.18. The van der Waals surface area contributed by atoms with E-state index >= 15 is 0 Å². The van der Waals surface area contributed by atoms with Crippen LogP contribution in [0.3, 0.4) is 0 Å². The van der Waals surface area contributed by atoms with E-state index in [0.717, 1.165) is 0 Å². The van der Waals surface area contributed by atoms with Crippen molar-refractivity contribution < 1.29 is 22.3 Å². The highest BCUT2D eigenvalue weighted by atomic mass is 19.2. The maximum atomic E-state index is 13.1. The van der Waals surface area contributed by atoms with Gasteiger partial charge in [-0.1, -0.05) is 0 Å². The molecule has 1 N–H and O–H groups in total. The van der Waals surface area contributed by atoms with E-state index in [1.165, 1.54) is 0 Å². The summed E-state index contributed by atoms with van der Waals surface area (Å²) in [5.74, 6) is -5.73. The summed E-state index contributed by atoms with van der Waals surface area (Å²) in [7, 11) is 0. The molecule has 1 aromatic carbocycles. The van der Waals surface area contributed by atoms with Crippen LogP contribution in [0.15, 0.2) is 6.07 Å². The van der Waals surface area contributed by atoms with Crippen molar-refractivity contribution in [2.24, 2.45) is 0 Å². The monoisotopic (exact) mass is 237 g/mol. The molecule has 0 atom stereocenters. The second-order valence-electron chi connectivity index (χ2n) is 2.97. The van der Waals surface area contributed by atoms with Crippen LogP contribution >= 0.6 is 0 Å². The molecule has 0 bridgehead atoms. The minimum Gasteiger partial charge on any atom is -0.380 e. The number of nitrogens with one attached hydrogen (secondary N) is 1. The summed E-state index contributed by atoms with van der Waals surface area (Å²) in [5.41, 5.74) is -0.808. The third kappa shape index (κ3) is 2.85. The molecule has 2 nitrogen and oxygen atoms in total. The molecule has 6 heteroatoms. The van der Waals surface area contributed by atoms with E-state index in [2.05, 4.69) is 5.32 Å². The van der Waals surface area contributed by atoms with Gasteiger partial charge < -0.3 is 10.1 Å². The lowest BCUT2D eigenvalue weighted by atomic mass is 10.2. The first-order chi connectivity index (χ1) is 7.57. The zero-order valence-corrected chi connectivity index (χ0v) is 8.62. The molecular weight excluding hydrogens is 226 g/mol. The molecule has 0 amide bonds. The molecule has 0 fully saturated rings. The van der Waals surface area contributed by atoms with Crippen molar-refractivity contribution in [3.63, 3.8) is 0 Å². The standard InChI is InChI=1S/C10H11F4NO/c1-2-16-4-3-15-10-8(13)6(11)5-7(12)9(10)14/h5,15H,2-4H2,1H3. The maximum absolute atomic E-state index is 13.1. The van der Waals surface area contributed by atoms with Gasteiger partial charge in [-0.2, -0.15) is 0 Å². The quantitative estimate of drug-likeness (QED) is 0.483. The highest BCUT2D eigenvalue weighted by Crippen LogP contribution is 2.23. The van der Waals surface area contributed by atoms with Crippen molar-refractivity contribution in [2.75, 3.05) is 25.1 Å². The molecule has 0 radical (unpaired) electrons. The van der Waals surface area contributed by atoms with Crippen molar-refractivity contribution in [1.29, 1.82) is 0 Å². The fraction of sp³-hybridized carbons (Fsp3) is 0.400. The molecular formula is C10H11F4NO. The summed E-state index contributed by atoms with van der Waals surface area (Å²) in [6.45, 7) is 2.45. The van der Waals surface area contributed by atoms with Crippen LogP contribution in [0.5, 0.6) is 0 Å². The lowest BCUT2D eigenvalue weighted by Gasteiger charge is -2.09. The minimum absolute atomic E-state index is 0.0601. The second-order valence-corrected chi connectivity index (χ2v) is 2.97. The van der Waals surface area contributed by atoms with Crippen LogP contribution in [-0.2, 0) is 4.74 Å². The molecule has 1 rings (SSSR count). The molecule has 0 unspecified atom stereocenters. The number of halogens is 4. The number of hydrogen-bond acceptors (Lipinski definition) is 2. The lowest BCUT2D eigenvalue weighted by Crippen LogP contribution is -2.13. The average molecular weight is 237 g/mol. The van der Waals surface area contributed by atoms with Crippen LogP contribution in [0.1, 0.15) is 6.92 Å². The van der Waals surface area contributed by atoms with Gasteiger partial charge in [-0.3, -0.25) is 0 Å². The van der Waals surface area contributed by atoms with Gasteiger partial charge in [0.25, 0.3) is 0 Å². The van der Waals surface area contributed by atoms with Gasteiger partial charge in [0.05, 0.1) is 6.61 Å². The Hall–Kier alpha value is -1.30. The summed E-state index contributed by atoms with van der Waals surface area (Å²) >= 11 is 0. The summed E-state index contributed by atoms with van der Waals surface area (Å²) in [6.07, 6.45) is 0. The van der Waals surface area contributed by atoms with Crippen LogP contribution < -0.4 is 5.32 Å². The largest absolute Gasteiger partial charge is 0.380 e. The Bertz CT molecular complexity index is 344. The third-order valence-electron chi connectivity index (χ3n) is 1.86. The minimum atomic E-state index is -1.43. The SMILES string of the molecule is CCOCCNc1c(F)c(F)cc(F)c1F. The Morgan fingerprint density at radius 1 is 1.12 bits per heavy atom. The number of hydrogen-bond donors (Lipinski definition) is 1. The molecule has 0 heterocycles. The summed E-state index contributed by atoms with van der Waals surface area (Å²) in [6, 6.07) is 0.165. The molecule has 0 aliphatic rings. The predicted octanol–water partition coefficient (Wildman–Crippen LogP) is 2.69. The van der Waals surface area contributed by atoms with Crippen LogP contribution in [0.2, 0.25) is 0 Å². The zero-order valence-electron chi connectivity index (χ0n) is 8.62. The van der Waals surface area contributed by atoms with Crippen molar-refractivity contribution in [2.45, 2.75) is 6.92 Å². The predicted molar refractivity (Wildman–Crippen MR) is 51.3 cm³/mol. The van der Waals surface area contributed by atoms with Gasteiger partial charge in [0.2, 0.25) is 0 Å². The number of ether oxygens (including phenoxy) is 1. The van der Waals surface area contributed by atoms with Gasteiger partial charge in [0.15, 0.2) is 23.3 Å². The van der Waals surface area contributed by atoms with Crippen molar-refractivity contribution in [1.82, 2.24) is 0 Å². The molecule has 1 aromatic rings. The Kier molecular flexibility index (Phi) is 4.54. The molecule has 0 saturated heterocycles. The van der Waals surface area contributed by atoms with Gasteiger partial charge in [-0.25, -0.2) is 17.6 Å². The van der Waals surface area contributed by atoms with Crippen LogP contribution in [0, 0.1) is 23.3 Å². The van der Waals surface area contributed by atoms with Crippen molar-refractivity contribution >= 4 is 5.69 Å². The summed E-state index contributed by atoms with van der Waals surface area (Å²) in [4.78, 5) is 0. The molecule has 0 saturated carbocycles. The van der Waals surface area contributed by atoms with Gasteiger partial charge in [0.1, 0.15) is 5.69 Å². The average Bonchev–Trinajstić information content (AvgIpc) is 2.25. The van der Waals surface area contributed by atoms with E-state index in [1.807, 2.05) is 0 Å². The van der Waals surface area contributed by atoms with E-state index in [-0.39, 0.29) is 19.2 Å². The van der Waals surface area contributed by atoms with Crippen LogP contribution in [0.4, 0.5) is 23.2 Å². The number of benzene rings is 1. The summed E-state index contributed by atoms with van der Waals surface area (Å²) < 4.78 is 56.5. The first-order valence-corrected chi connectivity index (χ1v) is 4.72. The third-order valence-corrected chi connectivity index (χ3v) is 1.86. The lowest BCUT2D eigenvalue weighted by molar-refractivity contribution is 0.158.